The molecule has 0 bridgehead atoms. The zero-order valence-electron chi connectivity index (χ0n) is 30.2. The number of carbonyl (C=O) groups is 3. The monoisotopic (exact) mass is 739 g/mol. The lowest BCUT2D eigenvalue weighted by Gasteiger charge is -2.24. The van der Waals surface area contributed by atoms with Gasteiger partial charge in [0, 0.05) is 25.2 Å². The van der Waals surface area contributed by atoms with Gasteiger partial charge in [-0.15, -0.1) is 5.10 Å². The SMILES string of the molecule is CN=c1sc2ccccc2n1C.Cc1ccc(OCCC(=O)Nc2ccc(Cl)c(NC(=O)C(C(=O)C(C)(C)C)n3nnc4ccccc43)c2)c(C)c1. The van der Waals surface area contributed by atoms with Crippen molar-refractivity contribution in [2.45, 2.75) is 47.1 Å². The molecule has 0 spiro atoms. The third-order valence-corrected chi connectivity index (χ3v) is 9.72. The number of fused-ring (bicyclic) bond motifs is 2. The van der Waals surface area contributed by atoms with E-state index in [9.17, 15) is 14.4 Å². The van der Waals surface area contributed by atoms with E-state index in [2.05, 4.69) is 54.8 Å². The number of anilines is 2. The number of hydrogen-bond donors (Lipinski definition) is 2. The number of Topliss-reactive ketones (excluding diaryl/α,β-unsaturated/α-hetero) is 1. The Labute approximate surface area is 311 Å². The van der Waals surface area contributed by atoms with Crippen LogP contribution >= 0.6 is 22.9 Å². The van der Waals surface area contributed by atoms with Crippen molar-refractivity contribution in [3.8, 4) is 5.75 Å². The fourth-order valence-electron chi connectivity index (χ4n) is 5.45. The van der Waals surface area contributed by atoms with Crippen LogP contribution in [-0.2, 0) is 21.4 Å². The number of benzene rings is 4. The summed E-state index contributed by atoms with van der Waals surface area (Å²) in [6, 6.07) is 24.7. The molecule has 2 heterocycles. The fraction of sp³-hybridized carbons (Fsp3) is 0.282. The standard InChI is InChI=1S/C30H32ClN5O4.C9H10N2S/c1-18-10-13-25(19(2)16-18)40-15-14-26(37)32-20-11-12-21(31)23(17-20)33-29(39)27(28(38)30(3,4)5)36-24-9-7-6-8-22(24)34-35-36;1-10-9-11(2)7-5-3-4-6-8(7)12-9/h6-13,16-17,27H,14-15H2,1-5H3,(H,32,37)(H,33,39);3-6H,1-2H3. The van der Waals surface area contributed by atoms with Gasteiger partial charge in [-0.05, 0) is 67.9 Å². The number of thiazole rings is 1. The lowest BCUT2D eigenvalue weighted by molar-refractivity contribution is -0.135. The molecule has 4 aromatic carbocycles. The number of nitrogens with zero attached hydrogens (tertiary/aromatic N) is 5. The zero-order valence-corrected chi connectivity index (χ0v) is 31.8. The largest absolute Gasteiger partial charge is 0.493 e. The van der Waals surface area contributed by atoms with E-state index in [-0.39, 0.29) is 35.4 Å². The van der Waals surface area contributed by atoms with E-state index in [1.54, 1.807) is 74.6 Å². The molecule has 52 heavy (non-hydrogen) atoms. The summed E-state index contributed by atoms with van der Waals surface area (Å²) in [5.41, 5.74) is 4.34. The molecule has 0 fully saturated rings. The van der Waals surface area contributed by atoms with Crippen LogP contribution in [0, 0.1) is 19.3 Å². The number of aryl methyl sites for hydroxylation is 3. The van der Waals surface area contributed by atoms with Crippen LogP contribution in [0.2, 0.25) is 5.02 Å². The molecule has 13 heteroatoms. The van der Waals surface area contributed by atoms with Crippen molar-refractivity contribution >= 4 is 73.2 Å². The molecule has 0 aliphatic heterocycles. The molecule has 11 nitrogen and oxygen atoms in total. The predicted octanol–water partition coefficient (Wildman–Crippen LogP) is 7.67. The molecule has 6 rings (SSSR count). The minimum atomic E-state index is -1.29. The Balaban J connectivity index is 0.000000365. The maximum atomic E-state index is 13.6. The predicted molar refractivity (Wildman–Crippen MR) is 208 cm³/mol. The van der Waals surface area contributed by atoms with Crippen LogP contribution in [-0.4, -0.2) is 50.8 Å². The Morgan fingerprint density at radius 1 is 0.942 bits per heavy atom. The van der Waals surface area contributed by atoms with Gasteiger partial charge in [0.1, 0.15) is 11.3 Å². The second kappa shape index (κ2) is 16.3. The van der Waals surface area contributed by atoms with Crippen LogP contribution in [0.3, 0.4) is 0 Å². The Kier molecular flexibility index (Phi) is 11.9. The minimum absolute atomic E-state index is 0.124. The van der Waals surface area contributed by atoms with E-state index in [1.807, 2.05) is 46.1 Å². The van der Waals surface area contributed by atoms with Crippen molar-refractivity contribution < 1.29 is 19.1 Å². The molecule has 0 saturated heterocycles. The van der Waals surface area contributed by atoms with Gasteiger partial charge in [-0.1, -0.05) is 90.9 Å². The summed E-state index contributed by atoms with van der Waals surface area (Å²) in [6.07, 6.45) is 0.124. The first-order valence-electron chi connectivity index (χ1n) is 16.7. The third kappa shape index (κ3) is 8.93. The van der Waals surface area contributed by atoms with E-state index in [4.69, 9.17) is 16.3 Å². The molecule has 0 radical (unpaired) electrons. The van der Waals surface area contributed by atoms with Gasteiger partial charge in [-0.2, -0.15) is 0 Å². The van der Waals surface area contributed by atoms with Crippen molar-refractivity contribution in [1.82, 2.24) is 19.6 Å². The number of ether oxygens (including phenoxy) is 1. The lowest BCUT2D eigenvalue weighted by Crippen LogP contribution is -2.39. The van der Waals surface area contributed by atoms with Crippen molar-refractivity contribution in [3.63, 3.8) is 0 Å². The first kappa shape index (κ1) is 37.9. The lowest BCUT2D eigenvalue weighted by atomic mass is 9.86. The highest BCUT2D eigenvalue weighted by atomic mass is 35.5. The molecule has 0 aliphatic rings. The Morgan fingerprint density at radius 2 is 1.65 bits per heavy atom. The second-order valence-corrected chi connectivity index (χ2v) is 14.7. The van der Waals surface area contributed by atoms with Crippen LogP contribution < -0.4 is 20.2 Å². The van der Waals surface area contributed by atoms with Crippen molar-refractivity contribution in [3.05, 3.63) is 106 Å². The Bertz CT molecular complexity index is 2320. The maximum absolute atomic E-state index is 13.6. The van der Waals surface area contributed by atoms with Gasteiger partial charge < -0.3 is 19.9 Å². The highest BCUT2D eigenvalue weighted by Crippen LogP contribution is 2.30. The van der Waals surface area contributed by atoms with Crippen LogP contribution in [0.1, 0.15) is 44.4 Å². The summed E-state index contributed by atoms with van der Waals surface area (Å²) in [4.78, 5) is 44.8. The number of nitrogens with one attached hydrogen (secondary N) is 2. The molecular weight excluding hydrogens is 698 g/mol. The normalized spacial score (nSPS) is 12.3. The van der Waals surface area contributed by atoms with Crippen LogP contribution in [0.5, 0.6) is 5.75 Å². The van der Waals surface area contributed by atoms with Crippen molar-refractivity contribution in [2.24, 2.45) is 17.5 Å². The van der Waals surface area contributed by atoms with Gasteiger partial charge in [0.25, 0.3) is 5.91 Å². The van der Waals surface area contributed by atoms with Gasteiger partial charge in [0.15, 0.2) is 16.6 Å². The van der Waals surface area contributed by atoms with E-state index in [0.29, 0.717) is 16.7 Å². The van der Waals surface area contributed by atoms with E-state index in [1.165, 1.54) is 14.9 Å². The summed E-state index contributed by atoms with van der Waals surface area (Å²) >= 11 is 8.10. The number of halogens is 1. The second-order valence-electron chi connectivity index (χ2n) is 13.3. The molecule has 1 atom stereocenters. The number of rotatable bonds is 9. The highest BCUT2D eigenvalue weighted by Gasteiger charge is 2.38. The van der Waals surface area contributed by atoms with Gasteiger partial charge in [0.05, 0.1) is 39.5 Å². The molecule has 2 aromatic heterocycles. The number of carbonyl (C=O) groups excluding carboxylic acids is 3. The van der Waals surface area contributed by atoms with Gasteiger partial charge in [0.2, 0.25) is 5.91 Å². The summed E-state index contributed by atoms with van der Waals surface area (Å²) in [7, 11) is 3.87. The first-order chi connectivity index (χ1) is 24.8. The number of para-hydroxylation sites is 2. The quantitative estimate of drug-likeness (QED) is 0.146. The topological polar surface area (TPSA) is 132 Å². The van der Waals surface area contributed by atoms with Crippen molar-refractivity contribution in [1.29, 1.82) is 0 Å². The average Bonchev–Trinajstić information content (AvgIpc) is 3.68. The zero-order chi connectivity index (χ0) is 37.6. The van der Waals surface area contributed by atoms with Gasteiger partial charge in [-0.25, -0.2) is 4.68 Å². The van der Waals surface area contributed by atoms with Gasteiger partial charge in [-0.3, -0.25) is 19.4 Å². The van der Waals surface area contributed by atoms with Crippen LogP contribution in [0.4, 0.5) is 11.4 Å². The minimum Gasteiger partial charge on any atom is -0.493 e. The first-order valence-corrected chi connectivity index (χ1v) is 17.9. The highest BCUT2D eigenvalue weighted by molar-refractivity contribution is 7.16. The summed E-state index contributed by atoms with van der Waals surface area (Å²) in [5.74, 6) is -0.499. The molecular formula is C39H42ClN7O4S. The summed E-state index contributed by atoms with van der Waals surface area (Å²) in [5, 5.41) is 14.0. The molecule has 2 N–H and O–H groups in total. The molecule has 6 aromatic rings. The summed E-state index contributed by atoms with van der Waals surface area (Å²) in [6.45, 7) is 9.38. The van der Waals surface area contributed by atoms with Crippen LogP contribution in [0.25, 0.3) is 21.3 Å². The Hall–Kier alpha value is -5.33. The fourth-order valence-corrected chi connectivity index (χ4v) is 6.60. The smallest absolute Gasteiger partial charge is 0.257 e. The maximum Gasteiger partial charge on any atom is 0.257 e. The average molecular weight is 740 g/mol. The number of hydrogen-bond acceptors (Lipinski definition) is 8. The molecule has 0 aliphatic carbocycles. The molecule has 1 unspecified atom stereocenters. The van der Waals surface area contributed by atoms with Crippen LogP contribution in [0.15, 0.2) is 89.9 Å². The number of ketones is 1. The number of amides is 2. The molecule has 2 amide bonds. The summed E-state index contributed by atoms with van der Waals surface area (Å²) < 4.78 is 10.5. The van der Waals surface area contributed by atoms with E-state index >= 15 is 0 Å². The molecule has 270 valence electrons. The van der Waals surface area contributed by atoms with Crippen molar-refractivity contribution in [2.75, 3.05) is 24.3 Å². The van der Waals surface area contributed by atoms with E-state index in [0.717, 1.165) is 21.7 Å². The van der Waals surface area contributed by atoms with Gasteiger partial charge >= 0.3 is 0 Å². The number of aromatic nitrogens is 4. The Morgan fingerprint density at radius 3 is 2.35 bits per heavy atom. The van der Waals surface area contributed by atoms with E-state index < -0.39 is 17.4 Å². The molecule has 0 saturated carbocycles. The third-order valence-electron chi connectivity index (χ3n) is 8.19.